The third-order valence-corrected chi connectivity index (χ3v) is 3.02. The lowest BCUT2D eigenvalue weighted by Crippen LogP contribution is -2.17. The predicted molar refractivity (Wildman–Crippen MR) is 63.3 cm³/mol. The first-order valence-electron chi connectivity index (χ1n) is 4.84. The van der Waals surface area contributed by atoms with Crippen LogP contribution < -0.4 is 5.73 Å². The van der Waals surface area contributed by atoms with Crippen molar-refractivity contribution >= 4 is 15.9 Å². The van der Waals surface area contributed by atoms with Crippen molar-refractivity contribution in [3.8, 4) is 0 Å². The summed E-state index contributed by atoms with van der Waals surface area (Å²) in [7, 11) is 0. The molecule has 0 saturated carbocycles. The summed E-state index contributed by atoms with van der Waals surface area (Å²) in [5.74, 6) is -0.250. The number of halogens is 2. The van der Waals surface area contributed by atoms with Crippen LogP contribution in [0.15, 0.2) is 41.4 Å². The van der Waals surface area contributed by atoms with Crippen molar-refractivity contribution in [2.24, 2.45) is 5.73 Å². The van der Waals surface area contributed by atoms with Crippen LogP contribution in [0.1, 0.15) is 11.6 Å². The van der Waals surface area contributed by atoms with Gasteiger partial charge in [0.05, 0.1) is 0 Å². The van der Waals surface area contributed by atoms with Crippen molar-refractivity contribution in [1.29, 1.82) is 0 Å². The standard InChI is InChI=1S/C11H11BrFN3/c12-11-15-5-6-16(11)7-10(14)8-1-3-9(13)4-2-8/h1-6,10H,7,14H2. The molecular weight excluding hydrogens is 273 g/mol. The van der Waals surface area contributed by atoms with E-state index in [9.17, 15) is 4.39 Å². The molecule has 2 rings (SSSR count). The molecule has 3 nitrogen and oxygen atoms in total. The lowest BCUT2D eigenvalue weighted by Gasteiger charge is -2.13. The molecule has 16 heavy (non-hydrogen) atoms. The quantitative estimate of drug-likeness (QED) is 0.941. The van der Waals surface area contributed by atoms with Gasteiger partial charge < -0.3 is 10.3 Å². The molecule has 1 unspecified atom stereocenters. The second-order valence-electron chi connectivity index (χ2n) is 3.51. The van der Waals surface area contributed by atoms with Crippen LogP contribution in [0, 0.1) is 5.82 Å². The van der Waals surface area contributed by atoms with E-state index in [0.717, 1.165) is 10.3 Å². The maximum atomic E-state index is 12.7. The SMILES string of the molecule is NC(Cn1ccnc1Br)c1ccc(F)cc1. The number of imidazole rings is 1. The van der Waals surface area contributed by atoms with Gasteiger partial charge in [-0.2, -0.15) is 0 Å². The molecule has 1 aromatic heterocycles. The zero-order chi connectivity index (χ0) is 11.5. The first-order chi connectivity index (χ1) is 7.66. The number of benzene rings is 1. The van der Waals surface area contributed by atoms with Gasteiger partial charge in [0, 0.05) is 25.0 Å². The van der Waals surface area contributed by atoms with Crippen LogP contribution in [0.5, 0.6) is 0 Å². The van der Waals surface area contributed by atoms with Gasteiger partial charge in [0.1, 0.15) is 5.82 Å². The van der Waals surface area contributed by atoms with Crippen molar-refractivity contribution in [2.45, 2.75) is 12.6 Å². The number of hydrogen-bond donors (Lipinski definition) is 1. The van der Waals surface area contributed by atoms with Gasteiger partial charge in [0.2, 0.25) is 0 Å². The Morgan fingerprint density at radius 3 is 2.62 bits per heavy atom. The normalized spacial score (nSPS) is 12.7. The van der Waals surface area contributed by atoms with Gasteiger partial charge in [0.15, 0.2) is 4.73 Å². The van der Waals surface area contributed by atoms with E-state index in [0.29, 0.717) is 6.54 Å². The third kappa shape index (κ3) is 2.48. The molecule has 2 aromatic rings. The molecule has 0 spiro atoms. The van der Waals surface area contributed by atoms with Crippen molar-refractivity contribution in [1.82, 2.24) is 9.55 Å². The van der Waals surface area contributed by atoms with Crippen LogP contribution in [0.3, 0.4) is 0 Å². The van der Waals surface area contributed by atoms with Gasteiger partial charge in [-0.3, -0.25) is 0 Å². The van der Waals surface area contributed by atoms with Crippen molar-refractivity contribution in [3.63, 3.8) is 0 Å². The average molecular weight is 284 g/mol. The molecule has 0 aliphatic heterocycles. The van der Waals surface area contributed by atoms with Gasteiger partial charge in [-0.15, -0.1) is 0 Å². The lowest BCUT2D eigenvalue weighted by atomic mass is 10.1. The minimum atomic E-state index is -0.250. The Kier molecular flexibility index (Phi) is 3.36. The molecule has 0 bridgehead atoms. The molecule has 0 aliphatic rings. The van der Waals surface area contributed by atoms with E-state index < -0.39 is 0 Å². The summed E-state index contributed by atoms with van der Waals surface area (Å²) in [6, 6.07) is 6.05. The molecule has 1 heterocycles. The summed E-state index contributed by atoms with van der Waals surface area (Å²) in [4.78, 5) is 4.04. The fourth-order valence-corrected chi connectivity index (χ4v) is 1.86. The molecule has 1 aromatic carbocycles. The maximum Gasteiger partial charge on any atom is 0.177 e. The van der Waals surface area contributed by atoms with E-state index in [4.69, 9.17) is 5.73 Å². The number of hydrogen-bond acceptors (Lipinski definition) is 2. The predicted octanol–water partition coefficient (Wildman–Crippen LogP) is 2.48. The van der Waals surface area contributed by atoms with E-state index in [-0.39, 0.29) is 11.9 Å². The summed E-state index contributed by atoms with van der Waals surface area (Å²) >= 11 is 3.32. The summed E-state index contributed by atoms with van der Waals surface area (Å²) in [6.45, 7) is 0.603. The van der Waals surface area contributed by atoms with Gasteiger partial charge in [-0.1, -0.05) is 12.1 Å². The van der Waals surface area contributed by atoms with Crippen LogP contribution in [0.4, 0.5) is 4.39 Å². The van der Waals surface area contributed by atoms with Crippen molar-refractivity contribution in [2.75, 3.05) is 0 Å². The zero-order valence-corrected chi connectivity index (χ0v) is 10.1. The fourth-order valence-electron chi connectivity index (χ4n) is 1.47. The van der Waals surface area contributed by atoms with Crippen LogP contribution >= 0.6 is 15.9 Å². The van der Waals surface area contributed by atoms with Gasteiger partial charge in [0.25, 0.3) is 0 Å². The number of nitrogens with zero attached hydrogens (tertiary/aromatic N) is 2. The Labute approximate surface area is 101 Å². The molecule has 1 atom stereocenters. The highest BCUT2D eigenvalue weighted by molar-refractivity contribution is 9.10. The topological polar surface area (TPSA) is 43.8 Å². The summed E-state index contributed by atoms with van der Waals surface area (Å²) < 4.78 is 15.4. The van der Waals surface area contributed by atoms with E-state index in [1.165, 1.54) is 12.1 Å². The highest BCUT2D eigenvalue weighted by Crippen LogP contribution is 2.15. The minimum Gasteiger partial charge on any atom is -0.324 e. The van der Waals surface area contributed by atoms with E-state index in [2.05, 4.69) is 20.9 Å². The summed E-state index contributed by atoms with van der Waals surface area (Å²) in [5, 5.41) is 0. The number of nitrogens with two attached hydrogens (primary N) is 1. The first kappa shape index (κ1) is 11.3. The Morgan fingerprint density at radius 1 is 1.38 bits per heavy atom. The van der Waals surface area contributed by atoms with E-state index in [1.807, 2.05) is 10.8 Å². The van der Waals surface area contributed by atoms with Gasteiger partial charge in [-0.05, 0) is 33.6 Å². The Hall–Kier alpha value is -1.20. The first-order valence-corrected chi connectivity index (χ1v) is 5.64. The third-order valence-electron chi connectivity index (χ3n) is 2.36. The molecule has 0 saturated heterocycles. The molecule has 5 heteroatoms. The van der Waals surface area contributed by atoms with Crippen LogP contribution in [0.2, 0.25) is 0 Å². The number of rotatable bonds is 3. The average Bonchev–Trinajstić information content (AvgIpc) is 2.65. The molecule has 0 amide bonds. The highest BCUT2D eigenvalue weighted by Gasteiger charge is 2.08. The van der Waals surface area contributed by atoms with Crippen LogP contribution in [-0.2, 0) is 6.54 Å². The Bertz CT molecular complexity index is 466. The minimum absolute atomic E-state index is 0.175. The van der Waals surface area contributed by atoms with Gasteiger partial charge in [-0.25, -0.2) is 9.37 Å². The highest BCUT2D eigenvalue weighted by atomic mass is 79.9. The molecule has 0 aliphatic carbocycles. The van der Waals surface area contributed by atoms with E-state index >= 15 is 0 Å². The maximum absolute atomic E-state index is 12.7. The Balaban J connectivity index is 2.11. The molecule has 0 fully saturated rings. The second-order valence-corrected chi connectivity index (χ2v) is 4.22. The second kappa shape index (κ2) is 4.76. The lowest BCUT2D eigenvalue weighted by molar-refractivity contribution is 0.565. The molecule has 84 valence electrons. The van der Waals surface area contributed by atoms with Gasteiger partial charge >= 0.3 is 0 Å². The summed E-state index contributed by atoms with van der Waals surface area (Å²) in [5.41, 5.74) is 6.92. The van der Waals surface area contributed by atoms with E-state index in [1.54, 1.807) is 18.3 Å². The summed E-state index contributed by atoms with van der Waals surface area (Å²) in [6.07, 6.45) is 3.54. The van der Waals surface area contributed by atoms with Crippen LogP contribution in [-0.4, -0.2) is 9.55 Å². The van der Waals surface area contributed by atoms with Crippen molar-refractivity contribution in [3.05, 3.63) is 52.8 Å². The smallest absolute Gasteiger partial charge is 0.177 e. The van der Waals surface area contributed by atoms with Crippen LogP contribution in [0.25, 0.3) is 0 Å². The molecular formula is C11H11BrFN3. The molecule has 2 N–H and O–H groups in total. The monoisotopic (exact) mass is 283 g/mol. The van der Waals surface area contributed by atoms with Crippen molar-refractivity contribution < 1.29 is 4.39 Å². The molecule has 0 radical (unpaired) electrons. The largest absolute Gasteiger partial charge is 0.324 e. The Morgan fingerprint density at radius 2 is 2.06 bits per heavy atom. The zero-order valence-electron chi connectivity index (χ0n) is 8.48. The fraction of sp³-hybridized carbons (Fsp3) is 0.182. The number of aromatic nitrogens is 2.